The first kappa shape index (κ1) is 22.3. The second-order valence-corrected chi connectivity index (χ2v) is 7.83. The number of benzene rings is 2. The number of non-ortho nitro benzene ring substituents is 1. The number of hydrogen-bond acceptors (Lipinski definition) is 6. The number of carbonyl (C=O) groups is 2. The van der Waals surface area contributed by atoms with Crippen LogP contribution in [-0.2, 0) is 0 Å². The van der Waals surface area contributed by atoms with Gasteiger partial charge in [-0.2, -0.15) is 0 Å². The van der Waals surface area contributed by atoms with Gasteiger partial charge in [-0.1, -0.05) is 22.9 Å². The molecule has 1 saturated heterocycles. The molecule has 0 saturated carbocycles. The lowest BCUT2D eigenvalue weighted by atomic mass is 10.1. The van der Waals surface area contributed by atoms with Crippen LogP contribution in [0.25, 0.3) is 5.69 Å². The summed E-state index contributed by atoms with van der Waals surface area (Å²) in [5.41, 5.74) is 1.09. The van der Waals surface area contributed by atoms with Gasteiger partial charge in [0.2, 0.25) is 0 Å². The highest BCUT2D eigenvalue weighted by Gasteiger charge is 2.29. The Bertz CT molecular complexity index is 1260. The zero-order valence-corrected chi connectivity index (χ0v) is 18.2. The predicted molar refractivity (Wildman–Crippen MR) is 116 cm³/mol. The highest BCUT2D eigenvalue weighted by molar-refractivity contribution is 6.33. The van der Waals surface area contributed by atoms with Crippen LogP contribution in [0.1, 0.15) is 26.5 Å². The Balaban J connectivity index is 1.46. The molecule has 3 aromatic rings. The van der Waals surface area contributed by atoms with Crippen LogP contribution >= 0.6 is 11.6 Å². The molecule has 2 heterocycles. The van der Waals surface area contributed by atoms with E-state index in [1.165, 1.54) is 35.0 Å². The maximum Gasteiger partial charge on any atom is 0.276 e. The van der Waals surface area contributed by atoms with Crippen LogP contribution in [0.5, 0.6) is 0 Å². The topological polar surface area (TPSA) is 114 Å². The van der Waals surface area contributed by atoms with Gasteiger partial charge in [0, 0.05) is 38.3 Å². The van der Waals surface area contributed by atoms with Crippen LogP contribution in [0.15, 0.2) is 42.5 Å². The van der Waals surface area contributed by atoms with E-state index in [2.05, 4.69) is 10.3 Å². The normalized spacial score (nSPS) is 13.8. The van der Waals surface area contributed by atoms with Crippen LogP contribution in [-0.4, -0.2) is 67.7 Å². The molecule has 12 heteroatoms. The number of nitro groups is 1. The fraction of sp³-hybridized carbons (Fsp3) is 0.238. The molecular formula is C21H18ClFN6O4. The summed E-state index contributed by atoms with van der Waals surface area (Å²) in [4.78, 5) is 39.4. The molecule has 1 aliphatic rings. The molecule has 170 valence electrons. The van der Waals surface area contributed by atoms with E-state index >= 15 is 0 Å². The molecule has 33 heavy (non-hydrogen) atoms. The monoisotopic (exact) mass is 472 g/mol. The predicted octanol–water partition coefficient (Wildman–Crippen LogP) is 2.87. The zero-order valence-electron chi connectivity index (χ0n) is 17.4. The third-order valence-corrected chi connectivity index (χ3v) is 5.71. The van der Waals surface area contributed by atoms with Gasteiger partial charge in [-0.25, -0.2) is 9.07 Å². The van der Waals surface area contributed by atoms with Crippen molar-refractivity contribution in [1.29, 1.82) is 0 Å². The summed E-state index contributed by atoms with van der Waals surface area (Å²) in [6, 6.07) is 9.47. The Morgan fingerprint density at radius 2 is 1.73 bits per heavy atom. The van der Waals surface area contributed by atoms with E-state index in [1.54, 1.807) is 22.8 Å². The van der Waals surface area contributed by atoms with Crippen molar-refractivity contribution in [3.8, 4) is 5.69 Å². The molecule has 0 bridgehead atoms. The van der Waals surface area contributed by atoms with Crippen LogP contribution < -0.4 is 0 Å². The first-order valence-corrected chi connectivity index (χ1v) is 10.3. The molecule has 0 radical (unpaired) electrons. The second-order valence-electron chi connectivity index (χ2n) is 7.42. The Morgan fingerprint density at radius 1 is 1.06 bits per heavy atom. The van der Waals surface area contributed by atoms with Crippen LogP contribution in [0.2, 0.25) is 5.02 Å². The zero-order chi connectivity index (χ0) is 23.7. The first-order chi connectivity index (χ1) is 15.8. The van der Waals surface area contributed by atoms with Gasteiger partial charge in [-0.05, 0) is 31.2 Å². The number of halogens is 2. The van der Waals surface area contributed by atoms with E-state index in [1.807, 2.05) is 0 Å². The van der Waals surface area contributed by atoms with Gasteiger partial charge in [0.05, 0.1) is 26.9 Å². The molecule has 10 nitrogen and oxygen atoms in total. The molecule has 0 atom stereocenters. The van der Waals surface area contributed by atoms with Gasteiger partial charge >= 0.3 is 0 Å². The molecule has 0 spiro atoms. The minimum absolute atomic E-state index is 0.0342. The van der Waals surface area contributed by atoms with Gasteiger partial charge in [-0.15, -0.1) is 5.10 Å². The highest BCUT2D eigenvalue weighted by atomic mass is 35.5. The Morgan fingerprint density at radius 3 is 2.36 bits per heavy atom. The molecular weight excluding hydrogens is 455 g/mol. The number of piperazine rings is 1. The minimum Gasteiger partial charge on any atom is -0.335 e. The summed E-state index contributed by atoms with van der Waals surface area (Å²) in [5, 5.41) is 19.0. The van der Waals surface area contributed by atoms with Gasteiger partial charge in [-0.3, -0.25) is 19.7 Å². The smallest absolute Gasteiger partial charge is 0.276 e. The SMILES string of the molecule is Cc1c(C(=O)N2CCN(C(=O)c3ccc(F)cc3Cl)CC2)nnn1-c1cccc([N+](=O)[O-])c1. The lowest BCUT2D eigenvalue weighted by molar-refractivity contribution is -0.384. The van der Waals surface area contributed by atoms with Crippen molar-refractivity contribution in [1.82, 2.24) is 24.8 Å². The molecule has 2 amide bonds. The van der Waals surface area contributed by atoms with Gasteiger partial charge in [0.1, 0.15) is 5.82 Å². The number of nitrogens with zero attached hydrogens (tertiary/aromatic N) is 6. The fourth-order valence-corrected chi connectivity index (χ4v) is 3.85. The standard InChI is InChI=1S/C21H18ClFN6O4/c1-13-19(24-25-28(13)15-3-2-4-16(12-15)29(32)33)21(31)27-9-7-26(8-10-27)20(30)17-6-5-14(23)11-18(17)22/h2-6,11-12H,7-10H2,1H3. The summed E-state index contributed by atoms with van der Waals surface area (Å²) >= 11 is 5.99. The average molecular weight is 473 g/mol. The van der Waals surface area contributed by atoms with E-state index in [9.17, 15) is 24.1 Å². The van der Waals surface area contributed by atoms with Crippen LogP contribution in [0.3, 0.4) is 0 Å². The van der Waals surface area contributed by atoms with Gasteiger partial charge in [0.25, 0.3) is 17.5 Å². The van der Waals surface area contributed by atoms with Crippen molar-refractivity contribution in [3.63, 3.8) is 0 Å². The van der Waals surface area contributed by atoms with E-state index in [-0.39, 0.29) is 60.0 Å². The maximum atomic E-state index is 13.3. The highest BCUT2D eigenvalue weighted by Crippen LogP contribution is 2.22. The quantitative estimate of drug-likeness (QED) is 0.426. The molecule has 0 aliphatic carbocycles. The summed E-state index contributed by atoms with van der Waals surface area (Å²) in [7, 11) is 0. The third-order valence-electron chi connectivity index (χ3n) is 5.40. The van der Waals surface area contributed by atoms with E-state index in [0.717, 1.165) is 6.07 Å². The van der Waals surface area contributed by atoms with Crippen molar-refractivity contribution >= 4 is 29.1 Å². The van der Waals surface area contributed by atoms with E-state index < -0.39 is 10.7 Å². The first-order valence-electron chi connectivity index (χ1n) is 9.97. The molecule has 0 unspecified atom stereocenters. The van der Waals surface area contributed by atoms with Crippen LogP contribution in [0.4, 0.5) is 10.1 Å². The molecule has 0 N–H and O–H groups in total. The fourth-order valence-electron chi connectivity index (χ4n) is 3.61. The molecule has 1 aliphatic heterocycles. The van der Waals surface area contributed by atoms with Crippen molar-refractivity contribution in [2.45, 2.75) is 6.92 Å². The van der Waals surface area contributed by atoms with Gasteiger partial charge in [0.15, 0.2) is 5.69 Å². The number of aromatic nitrogens is 3. The summed E-state index contributed by atoms with van der Waals surface area (Å²) in [6.07, 6.45) is 0. The van der Waals surface area contributed by atoms with Crippen molar-refractivity contribution < 1.29 is 18.9 Å². The number of carbonyl (C=O) groups excluding carboxylic acids is 2. The number of nitro benzene ring substituents is 1. The number of amides is 2. The Hall–Kier alpha value is -3.86. The number of hydrogen-bond donors (Lipinski definition) is 0. The largest absolute Gasteiger partial charge is 0.335 e. The average Bonchev–Trinajstić information content (AvgIpc) is 3.19. The summed E-state index contributed by atoms with van der Waals surface area (Å²) < 4.78 is 14.6. The lowest BCUT2D eigenvalue weighted by Crippen LogP contribution is -2.50. The summed E-state index contributed by atoms with van der Waals surface area (Å²) in [5.74, 6) is -1.21. The van der Waals surface area contributed by atoms with E-state index in [4.69, 9.17) is 11.6 Å². The Labute approximate surface area is 192 Å². The number of rotatable bonds is 4. The minimum atomic E-state index is -0.527. The van der Waals surface area contributed by atoms with Crippen molar-refractivity contribution in [2.75, 3.05) is 26.2 Å². The van der Waals surface area contributed by atoms with Crippen molar-refractivity contribution in [3.05, 3.63) is 80.4 Å². The third kappa shape index (κ3) is 4.40. The summed E-state index contributed by atoms with van der Waals surface area (Å²) in [6.45, 7) is 2.74. The lowest BCUT2D eigenvalue weighted by Gasteiger charge is -2.34. The van der Waals surface area contributed by atoms with Crippen LogP contribution in [0, 0.1) is 22.9 Å². The van der Waals surface area contributed by atoms with Crippen molar-refractivity contribution in [2.24, 2.45) is 0 Å². The Kier molecular flexibility index (Phi) is 6.05. The second kappa shape index (κ2) is 8.94. The van der Waals surface area contributed by atoms with Gasteiger partial charge < -0.3 is 9.80 Å². The molecule has 2 aromatic carbocycles. The molecule has 4 rings (SSSR count). The molecule has 1 fully saturated rings. The molecule has 1 aromatic heterocycles. The van der Waals surface area contributed by atoms with E-state index in [0.29, 0.717) is 11.4 Å². The maximum absolute atomic E-state index is 13.3.